The van der Waals surface area contributed by atoms with Gasteiger partial charge < -0.3 is 5.32 Å². The summed E-state index contributed by atoms with van der Waals surface area (Å²) in [4.78, 5) is 0. The van der Waals surface area contributed by atoms with Crippen molar-refractivity contribution in [3.63, 3.8) is 0 Å². The molecule has 0 aromatic rings. The van der Waals surface area contributed by atoms with Crippen LogP contribution in [0, 0.1) is 5.92 Å². The van der Waals surface area contributed by atoms with E-state index >= 15 is 0 Å². The molecule has 0 saturated heterocycles. The molecule has 0 aromatic carbocycles. The lowest BCUT2D eigenvalue weighted by Crippen LogP contribution is -2.24. The van der Waals surface area contributed by atoms with Crippen molar-refractivity contribution in [1.82, 2.24) is 5.32 Å². The normalized spacial score (nSPS) is 15.7. The van der Waals surface area contributed by atoms with Crippen LogP contribution < -0.4 is 5.32 Å². The smallest absolute Gasteiger partial charge is 0.132 e. The molecule has 0 aliphatic carbocycles. The Morgan fingerprint density at radius 1 is 1.67 bits per heavy atom. The summed E-state index contributed by atoms with van der Waals surface area (Å²) < 4.78 is 0. The zero-order chi connectivity index (χ0) is 6.69. The molecule has 1 aliphatic rings. The summed E-state index contributed by atoms with van der Waals surface area (Å²) in [5, 5.41) is 10.4. The maximum absolute atomic E-state index is 3.82. The van der Waals surface area contributed by atoms with Crippen molar-refractivity contribution in [3.05, 3.63) is 6.20 Å². The van der Waals surface area contributed by atoms with Crippen LogP contribution in [0.1, 0.15) is 13.8 Å². The third-order valence-corrected chi connectivity index (χ3v) is 1.05. The molecule has 0 spiro atoms. The first-order valence-electron chi connectivity index (χ1n) is 2.92. The van der Waals surface area contributed by atoms with Gasteiger partial charge in [-0.2, -0.15) is 0 Å². The van der Waals surface area contributed by atoms with Gasteiger partial charge in [0.15, 0.2) is 0 Å². The Kier molecular flexibility index (Phi) is 1.66. The molecule has 0 saturated carbocycles. The van der Waals surface area contributed by atoms with Gasteiger partial charge in [0.1, 0.15) is 5.84 Å². The molecule has 0 unspecified atom stereocenters. The van der Waals surface area contributed by atoms with Crippen LogP contribution in [-0.4, -0.2) is 11.7 Å². The SMILES string of the molecule is CC(C)C1=NN=C=CN1. The van der Waals surface area contributed by atoms with Gasteiger partial charge >= 0.3 is 0 Å². The van der Waals surface area contributed by atoms with Gasteiger partial charge in [-0.3, -0.25) is 0 Å². The first kappa shape index (κ1) is 6.05. The van der Waals surface area contributed by atoms with E-state index < -0.39 is 0 Å². The Balaban J connectivity index is 2.66. The lowest BCUT2D eigenvalue weighted by Gasteiger charge is -2.07. The van der Waals surface area contributed by atoms with E-state index in [0.29, 0.717) is 5.92 Å². The van der Waals surface area contributed by atoms with Gasteiger partial charge in [-0.25, -0.2) is 0 Å². The van der Waals surface area contributed by atoms with E-state index in [2.05, 4.69) is 35.2 Å². The Labute approximate surface area is 54.2 Å². The van der Waals surface area contributed by atoms with Gasteiger partial charge in [0, 0.05) is 11.8 Å². The van der Waals surface area contributed by atoms with Crippen molar-refractivity contribution in [3.8, 4) is 0 Å². The van der Waals surface area contributed by atoms with E-state index in [1.807, 2.05) is 0 Å². The number of hydrogen-bond acceptors (Lipinski definition) is 3. The Bertz CT molecular complexity index is 184. The molecule has 0 amide bonds. The summed E-state index contributed by atoms with van der Waals surface area (Å²) in [5.74, 6) is 3.88. The number of amidine groups is 1. The van der Waals surface area contributed by atoms with Crippen molar-refractivity contribution in [2.75, 3.05) is 0 Å². The van der Waals surface area contributed by atoms with Gasteiger partial charge in [0.2, 0.25) is 0 Å². The van der Waals surface area contributed by atoms with Crippen LogP contribution in [0.4, 0.5) is 0 Å². The quantitative estimate of drug-likeness (QED) is 0.548. The van der Waals surface area contributed by atoms with Crippen molar-refractivity contribution in [2.24, 2.45) is 16.1 Å². The van der Waals surface area contributed by atoms with E-state index in [0.717, 1.165) is 5.84 Å². The summed E-state index contributed by atoms with van der Waals surface area (Å²) in [7, 11) is 0. The average Bonchev–Trinajstić information content (AvgIpc) is 1.90. The minimum atomic E-state index is 0.409. The van der Waals surface area contributed by atoms with Gasteiger partial charge in [-0.15, -0.1) is 10.2 Å². The van der Waals surface area contributed by atoms with Crippen LogP contribution in [-0.2, 0) is 0 Å². The molecule has 48 valence electrons. The van der Waals surface area contributed by atoms with Crippen molar-refractivity contribution in [1.29, 1.82) is 0 Å². The number of rotatable bonds is 1. The lowest BCUT2D eigenvalue weighted by molar-refractivity contribution is 0.836. The molecule has 1 N–H and O–H groups in total. The molecule has 0 bridgehead atoms. The van der Waals surface area contributed by atoms with Crippen LogP contribution in [0.25, 0.3) is 0 Å². The van der Waals surface area contributed by atoms with Crippen molar-refractivity contribution < 1.29 is 0 Å². The molecule has 0 atom stereocenters. The molecular weight excluding hydrogens is 114 g/mol. The first-order chi connectivity index (χ1) is 4.30. The highest BCUT2D eigenvalue weighted by atomic mass is 15.3. The highest BCUT2D eigenvalue weighted by Crippen LogP contribution is 1.95. The predicted molar refractivity (Wildman–Crippen MR) is 37.4 cm³/mol. The summed E-state index contributed by atoms with van der Waals surface area (Å²) in [5.41, 5.74) is 0. The second kappa shape index (κ2) is 2.46. The molecule has 1 rings (SSSR count). The Morgan fingerprint density at radius 3 is 2.78 bits per heavy atom. The van der Waals surface area contributed by atoms with Gasteiger partial charge in [0.25, 0.3) is 0 Å². The van der Waals surface area contributed by atoms with Crippen LogP contribution in [0.3, 0.4) is 0 Å². The fourth-order valence-electron chi connectivity index (χ4n) is 0.529. The van der Waals surface area contributed by atoms with Crippen LogP contribution in [0.15, 0.2) is 16.4 Å². The lowest BCUT2D eigenvalue weighted by atomic mass is 10.2. The molecule has 1 heterocycles. The third kappa shape index (κ3) is 1.40. The van der Waals surface area contributed by atoms with Gasteiger partial charge in [0.05, 0.1) is 6.20 Å². The van der Waals surface area contributed by atoms with E-state index in [1.54, 1.807) is 6.20 Å². The molecule has 9 heavy (non-hydrogen) atoms. The highest BCUT2D eigenvalue weighted by molar-refractivity contribution is 5.87. The number of nitrogens with one attached hydrogen (secondary N) is 1. The van der Waals surface area contributed by atoms with Gasteiger partial charge in [-0.05, 0) is 0 Å². The molecule has 3 heteroatoms. The zero-order valence-corrected chi connectivity index (χ0v) is 5.55. The average molecular weight is 123 g/mol. The third-order valence-electron chi connectivity index (χ3n) is 1.05. The predicted octanol–water partition coefficient (Wildman–Crippen LogP) is 0.742. The van der Waals surface area contributed by atoms with E-state index in [1.165, 1.54) is 0 Å². The minimum Gasteiger partial charge on any atom is -0.340 e. The second-order valence-electron chi connectivity index (χ2n) is 2.16. The van der Waals surface area contributed by atoms with E-state index in [9.17, 15) is 0 Å². The molecular formula is C6H9N3. The molecule has 3 nitrogen and oxygen atoms in total. The van der Waals surface area contributed by atoms with E-state index in [4.69, 9.17) is 0 Å². The summed E-state index contributed by atoms with van der Waals surface area (Å²) in [6, 6.07) is 0. The Morgan fingerprint density at radius 2 is 2.44 bits per heavy atom. The highest BCUT2D eigenvalue weighted by Gasteiger charge is 2.02. The Hall–Kier alpha value is -1.08. The standard InChI is InChI=1S/C6H9N3/c1-5(2)6-7-3-4-8-9-6/h3,5H,1-2H3,(H,7,9). The summed E-state index contributed by atoms with van der Waals surface area (Å²) >= 11 is 0. The van der Waals surface area contributed by atoms with Crippen LogP contribution in [0.2, 0.25) is 0 Å². The van der Waals surface area contributed by atoms with Crippen molar-refractivity contribution in [2.45, 2.75) is 13.8 Å². The minimum absolute atomic E-state index is 0.409. The number of nitrogens with zero attached hydrogens (tertiary/aromatic N) is 2. The maximum Gasteiger partial charge on any atom is 0.132 e. The largest absolute Gasteiger partial charge is 0.340 e. The molecule has 1 aliphatic heterocycles. The second-order valence-corrected chi connectivity index (χ2v) is 2.16. The van der Waals surface area contributed by atoms with E-state index in [-0.39, 0.29) is 0 Å². The van der Waals surface area contributed by atoms with Crippen LogP contribution in [0.5, 0.6) is 0 Å². The fraction of sp³-hybridized carbons (Fsp3) is 0.500. The molecule has 0 aromatic heterocycles. The number of hydrogen-bond donors (Lipinski definition) is 1. The summed E-state index contributed by atoms with van der Waals surface area (Å²) in [6.45, 7) is 4.11. The molecule has 0 radical (unpaired) electrons. The van der Waals surface area contributed by atoms with Gasteiger partial charge in [-0.1, -0.05) is 13.8 Å². The molecule has 0 fully saturated rings. The zero-order valence-electron chi connectivity index (χ0n) is 5.55. The summed E-state index contributed by atoms with van der Waals surface area (Å²) in [6.07, 6.45) is 1.66. The topological polar surface area (TPSA) is 36.8 Å². The monoisotopic (exact) mass is 123 g/mol. The maximum atomic E-state index is 3.82. The van der Waals surface area contributed by atoms with Crippen LogP contribution >= 0.6 is 0 Å². The fourth-order valence-corrected chi connectivity index (χ4v) is 0.529. The first-order valence-corrected chi connectivity index (χ1v) is 2.92. The van der Waals surface area contributed by atoms with Crippen molar-refractivity contribution >= 4 is 11.7 Å².